The highest BCUT2D eigenvalue weighted by Crippen LogP contribution is 2.22. The molecule has 0 bridgehead atoms. The fraction of sp³-hybridized carbons (Fsp3) is 0.800. The Morgan fingerprint density at radius 1 is 1.50 bits per heavy atom. The van der Waals surface area contributed by atoms with Crippen LogP contribution in [0.15, 0.2) is 11.6 Å². The Labute approximate surface area is 79.7 Å². The smallest absolute Gasteiger partial charge is 0.0471 e. The summed E-state index contributed by atoms with van der Waals surface area (Å²) in [6.45, 7) is 4.07. The van der Waals surface area contributed by atoms with Gasteiger partial charge in [0.1, 0.15) is 0 Å². The molecule has 0 saturated carbocycles. The van der Waals surface area contributed by atoms with Crippen LogP contribution in [0.2, 0.25) is 0 Å². The molecule has 1 rings (SSSR count). The Kier molecular flexibility index (Phi) is 4.70. The van der Waals surface area contributed by atoms with Crippen molar-refractivity contribution >= 4 is 11.6 Å². The minimum Gasteiger partial charge on any atom is -0.381 e. The van der Waals surface area contributed by atoms with Gasteiger partial charge in [-0.1, -0.05) is 11.6 Å². The summed E-state index contributed by atoms with van der Waals surface area (Å²) in [4.78, 5) is 0. The largest absolute Gasteiger partial charge is 0.381 e. The second kappa shape index (κ2) is 5.60. The highest BCUT2D eigenvalue weighted by Gasteiger charge is 2.14. The van der Waals surface area contributed by atoms with E-state index < -0.39 is 0 Å². The molecule has 12 heavy (non-hydrogen) atoms. The van der Waals surface area contributed by atoms with Crippen molar-refractivity contribution < 1.29 is 4.74 Å². The first-order chi connectivity index (χ1) is 5.84. The molecular formula is C10H17ClO. The normalized spacial score (nSPS) is 21.3. The summed E-state index contributed by atoms with van der Waals surface area (Å²) < 4.78 is 5.30. The Balaban J connectivity index is 2.33. The average Bonchev–Trinajstić information content (AvgIpc) is 2.15. The molecule has 2 heteroatoms. The molecule has 1 aliphatic rings. The van der Waals surface area contributed by atoms with E-state index in [1.165, 1.54) is 18.4 Å². The highest BCUT2D eigenvalue weighted by atomic mass is 35.5. The van der Waals surface area contributed by atoms with Gasteiger partial charge in [-0.05, 0) is 32.1 Å². The molecule has 1 heterocycles. The summed E-state index contributed by atoms with van der Waals surface area (Å²) >= 11 is 5.62. The minimum absolute atomic E-state index is 0.737. The van der Waals surface area contributed by atoms with Crippen molar-refractivity contribution in [3.8, 4) is 0 Å². The van der Waals surface area contributed by atoms with E-state index in [2.05, 4.69) is 13.0 Å². The monoisotopic (exact) mass is 188 g/mol. The average molecular weight is 189 g/mol. The van der Waals surface area contributed by atoms with Gasteiger partial charge in [0.05, 0.1) is 0 Å². The first-order valence-electron chi connectivity index (χ1n) is 4.65. The van der Waals surface area contributed by atoms with E-state index in [4.69, 9.17) is 16.3 Å². The molecule has 70 valence electrons. The molecule has 0 unspecified atom stereocenters. The van der Waals surface area contributed by atoms with Gasteiger partial charge in [0.15, 0.2) is 0 Å². The maximum absolute atomic E-state index is 5.62. The van der Waals surface area contributed by atoms with Crippen LogP contribution in [0.3, 0.4) is 0 Å². The molecule has 0 aromatic rings. The molecule has 0 atom stereocenters. The molecule has 1 aliphatic heterocycles. The van der Waals surface area contributed by atoms with Crippen LogP contribution in [0, 0.1) is 5.92 Å². The van der Waals surface area contributed by atoms with Gasteiger partial charge in [0.2, 0.25) is 0 Å². The lowest BCUT2D eigenvalue weighted by molar-refractivity contribution is 0.0757. The van der Waals surface area contributed by atoms with E-state index in [0.717, 1.165) is 31.4 Å². The van der Waals surface area contributed by atoms with E-state index in [9.17, 15) is 0 Å². The summed E-state index contributed by atoms with van der Waals surface area (Å²) in [5, 5.41) is 0. The number of halogens is 1. The van der Waals surface area contributed by atoms with Crippen LogP contribution in [0.25, 0.3) is 0 Å². The van der Waals surface area contributed by atoms with Crippen molar-refractivity contribution in [2.24, 2.45) is 5.92 Å². The van der Waals surface area contributed by atoms with Crippen LogP contribution >= 0.6 is 11.6 Å². The molecule has 0 aromatic heterocycles. The third-order valence-corrected chi connectivity index (χ3v) is 2.66. The van der Waals surface area contributed by atoms with Gasteiger partial charge in [-0.25, -0.2) is 0 Å². The lowest BCUT2D eigenvalue weighted by Gasteiger charge is -2.22. The molecule has 0 radical (unpaired) electrons. The molecule has 0 aromatic carbocycles. The number of ether oxygens (including phenoxy) is 1. The molecule has 0 amide bonds. The van der Waals surface area contributed by atoms with E-state index in [0.29, 0.717) is 0 Å². The van der Waals surface area contributed by atoms with Crippen molar-refractivity contribution in [1.29, 1.82) is 0 Å². The number of alkyl halides is 1. The van der Waals surface area contributed by atoms with Crippen molar-refractivity contribution in [2.75, 3.05) is 19.1 Å². The summed E-state index contributed by atoms with van der Waals surface area (Å²) in [6.07, 6.45) is 5.64. The number of rotatable bonds is 3. The van der Waals surface area contributed by atoms with Crippen molar-refractivity contribution in [3.05, 3.63) is 11.6 Å². The molecule has 1 saturated heterocycles. The predicted molar refractivity (Wildman–Crippen MR) is 52.6 cm³/mol. The van der Waals surface area contributed by atoms with Gasteiger partial charge in [-0.3, -0.25) is 0 Å². The van der Waals surface area contributed by atoms with Crippen molar-refractivity contribution in [3.63, 3.8) is 0 Å². The fourth-order valence-electron chi connectivity index (χ4n) is 1.60. The van der Waals surface area contributed by atoms with Gasteiger partial charge in [0.25, 0.3) is 0 Å². The van der Waals surface area contributed by atoms with Crippen molar-refractivity contribution in [2.45, 2.75) is 26.2 Å². The third kappa shape index (κ3) is 3.16. The molecule has 1 nitrogen and oxygen atoms in total. The second-order valence-electron chi connectivity index (χ2n) is 3.31. The fourth-order valence-corrected chi connectivity index (χ4v) is 1.71. The summed E-state index contributed by atoms with van der Waals surface area (Å²) in [7, 11) is 0. The SMILES string of the molecule is CC(=CCCCl)C1CCOCC1. The van der Waals surface area contributed by atoms with Gasteiger partial charge < -0.3 is 4.74 Å². The standard InChI is InChI=1S/C10H17ClO/c1-9(3-2-6-11)10-4-7-12-8-5-10/h3,10H,2,4-8H2,1H3. The Morgan fingerprint density at radius 2 is 2.17 bits per heavy atom. The molecule has 1 fully saturated rings. The van der Waals surface area contributed by atoms with E-state index in [1.54, 1.807) is 0 Å². The zero-order chi connectivity index (χ0) is 8.81. The van der Waals surface area contributed by atoms with E-state index in [1.807, 2.05) is 0 Å². The summed E-state index contributed by atoms with van der Waals surface area (Å²) in [5.41, 5.74) is 1.50. The summed E-state index contributed by atoms with van der Waals surface area (Å²) in [5.74, 6) is 1.49. The van der Waals surface area contributed by atoms with Crippen LogP contribution in [0.5, 0.6) is 0 Å². The van der Waals surface area contributed by atoms with Crippen LogP contribution in [0.1, 0.15) is 26.2 Å². The van der Waals surface area contributed by atoms with Crippen molar-refractivity contribution in [1.82, 2.24) is 0 Å². The molecule has 0 spiro atoms. The van der Waals surface area contributed by atoms with Crippen LogP contribution in [0.4, 0.5) is 0 Å². The number of allylic oxidation sites excluding steroid dienone is 2. The number of hydrogen-bond donors (Lipinski definition) is 0. The summed E-state index contributed by atoms with van der Waals surface area (Å²) in [6, 6.07) is 0. The van der Waals surface area contributed by atoms with Crippen LogP contribution < -0.4 is 0 Å². The lowest BCUT2D eigenvalue weighted by Crippen LogP contribution is -2.16. The topological polar surface area (TPSA) is 9.23 Å². The maximum atomic E-state index is 5.62. The quantitative estimate of drug-likeness (QED) is 0.489. The Hall–Kier alpha value is -0.0100. The Morgan fingerprint density at radius 3 is 2.75 bits per heavy atom. The van der Waals surface area contributed by atoms with Gasteiger partial charge in [-0.2, -0.15) is 0 Å². The van der Waals surface area contributed by atoms with E-state index in [-0.39, 0.29) is 0 Å². The molecule has 0 aliphatic carbocycles. The predicted octanol–water partition coefficient (Wildman–Crippen LogP) is 2.99. The van der Waals surface area contributed by atoms with Crippen LogP contribution in [-0.2, 0) is 4.74 Å². The van der Waals surface area contributed by atoms with E-state index >= 15 is 0 Å². The number of hydrogen-bond acceptors (Lipinski definition) is 1. The van der Waals surface area contributed by atoms with Gasteiger partial charge >= 0.3 is 0 Å². The Bertz CT molecular complexity index is 148. The van der Waals surface area contributed by atoms with Gasteiger partial charge in [-0.15, -0.1) is 11.6 Å². The third-order valence-electron chi connectivity index (χ3n) is 2.44. The maximum Gasteiger partial charge on any atom is 0.0471 e. The zero-order valence-corrected chi connectivity index (χ0v) is 8.44. The highest BCUT2D eigenvalue weighted by molar-refractivity contribution is 6.17. The lowest BCUT2D eigenvalue weighted by atomic mass is 9.92. The molecular weight excluding hydrogens is 172 g/mol. The first-order valence-corrected chi connectivity index (χ1v) is 5.18. The van der Waals surface area contributed by atoms with Crippen LogP contribution in [-0.4, -0.2) is 19.1 Å². The second-order valence-corrected chi connectivity index (χ2v) is 3.69. The molecule has 0 N–H and O–H groups in total. The first kappa shape index (κ1) is 10.1. The zero-order valence-electron chi connectivity index (χ0n) is 7.68. The van der Waals surface area contributed by atoms with Gasteiger partial charge in [0, 0.05) is 19.1 Å². The minimum atomic E-state index is 0.737.